The van der Waals surface area contributed by atoms with Crippen LogP contribution in [0.4, 0.5) is 5.69 Å². The molecular formula is C24H39IN4O2. The second-order valence-electron chi connectivity index (χ2n) is 8.90. The first kappa shape index (κ1) is 24.6. The molecule has 1 atom stereocenters. The topological polar surface area (TPSA) is 49.3 Å². The molecule has 0 amide bonds. The van der Waals surface area contributed by atoms with Crippen molar-refractivity contribution in [2.24, 2.45) is 4.99 Å². The average molecular weight is 543 g/mol. The van der Waals surface area contributed by atoms with E-state index in [4.69, 9.17) is 9.47 Å². The highest BCUT2D eigenvalue weighted by Gasteiger charge is 2.24. The Balaban J connectivity index is 0.00000272. The van der Waals surface area contributed by atoms with E-state index in [2.05, 4.69) is 45.4 Å². The second kappa shape index (κ2) is 12.3. The van der Waals surface area contributed by atoms with Gasteiger partial charge in [0.1, 0.15) is 0 Å². The van der Waals surface area contributed by atoms with Gasteiger partial charge in [-0.3, -0.25) is 4.99 Å². The molecule has 174 valence electrons. The molecule has 2 fully saturated rings. The van der Waals surface area contributed by atoms with Crippen LogP contribution in [0.2, 0.25) is 0 Å². The van der Waals surface area contributed by atoms with Gasteiger partial charge in [0.2, 0.25) is 0 Å². The average Bonchev–Trinajstić information content (AvgIpc) is 2.80. The van der Waals surface area contributed by atoms with Crippen molar-refractivity contribution in [2.75, 3.05) is 51.8 Å². The van der Waals surface area contributed by atoms with Crippen LogP contribution in [0.1, 0.15) is 49.7 Å². The minimum atomic E-state index is 0. The number of guanidine groups is 1. The van der Waals surface area contributed by atoms with Crippen LogP contribution >= 0.6 is 24.0 Å². The maximum atomic E-state index is 6.16. The lowest BCUT2D eigenvalue weighted by atomic mass is 9.99. The Morgan fingerprint density at radius 1 is 1.16 bits per heavy atom. The molecule has 1 aromatic carbocycles. The molecule has 0 radical (unpaired) electrons. The fourth-order valence-corrected chi connectivity index (χ4v) is 4.88. The van der Waals surface area contributed by atoms with Gasteiger partial charge in [-0.1, -0.05) is 12.1 Å². The van der Waals surface area contributed by atoms with E-state index in [-0.39, 0.29) is 24.0 Å². The van der Waals surface area contributed by atoms with E-state index < -0.39 is 0 Å². The zero-order valence-corrected chi connectivity index (χ0v) is 21.5. The molecular weight excluding hydrogens is 503 g/mol. The number of nitrogens with zero attached hydrogens (tertiary/aromatic N) is 3. The predicted molar refractivity (Wildman–Crippen MR) is 138 cm³/mol. The van der Waals surface area contributed by atoms with Crippen LogP contribution in [0.15, 0.2) is 23.2 Å². The van der Waals surface area contributed by atoms with Gasteiger partial charge in [-0.25, -0.2) is 0 Å². The lowest BCUT2D eigenvalue weighted by Gasteiger charge is -2.35. The number of ether oxygens (including phenoxy) is 2. The number of piperidine rings is 1. The minimum Gasteiger partial charge on any atom is -0.376 e. The fourth-order valence-electron chi connectivity index (χ4n) is 4.88. The molecule has 3 aliphatic rings. The van der Waals surface area contributed by atoms with Gasteiger partial charge in [0, 0.05) is 52.6 Å². The summed E-state index contributed by atoms with van der Waals surface area (Å²) in [5.41, 5.74) is 4.18. The van der Waals surface area contributed by atoms with E-state index in [9.17, 15) is 0 Å². The molecule has 0 bridgehead atoms. The third-order valence-electron chi connectivity index (χ3n) is 6.69. The van der Waals surface area contributed by atoms with E-state index in [1.54, 1.807) is 0 Å². The number of benzene rings is 1. The standard InChI is InChI=1S/C24H38N4O2.HI/c1-25-24(26-17-19-8-9-23-20(16-19)6-5-12-27(23)2)28-13-10-21(11-14-28)30-18-22-7-3-4-15-29-22;/h8-9,16,21-22H,3-7,10-15,17-18H2,1-2H3,(H,25,26);1H. The van der Waals surface area contributed by atoms with E-state index in [1.165, 1.54) is 42.5 Å². The van der Waals surface area contributed by atoms with Gasteiger partial charge in [0.05, 0.1) is 18.8 Å². The van der Waals surface area contributed by atoms with Crippen LogP contribution in [-0.4, -0.2) is 70.0 Å². The van der Waals surface area contributed by atoms with Crippen molar-refractivity contribution in [3.05, 3.63) is 29.3 Å². The molecule has 0 aromatic heterocycles. The molecule has 3 heterocycles. The SMILES string of the molecule is CN=C(NCc1ccc2c(c1)CCCN2C)N1CCC(OCC2CCCCO2)CC1.I. The van der Waals surface area contributed by atoms with Crippen molar-refractivity contribution < 1.29 is 9.47 Å². The van der Waals surface area contributed by atoms with Gasteiger partial charge in [-0.05, 0) is 62.1 Å². The molecule has 0 spiro atoms. The number of halogens is 1. The van der Waals surface area contributed by atoms with Crippen LogP contribution in [0.25, 0.3) is 0 Å². The predicted octanol–water partition coefficient (Wildman–Crippen LogP) is 3.81. The maximum absolute atomic E-state index is 6.16. The number of fused-ring (bicyclic) bond motifs is 1. The van der Waals surface area contributed by atoms with Crippen molar-refractivity contribution in [3.8, 4) is 0 Å². The maximum Gasteiger partial charge on any atom is 0.193 e. The third kappa shape index (κ3) is 6.71. The summed E-state index contributed by atoms with van der Waals surface area (Å²) in [6.45, 7) is 5.61. The molecule has 2 saturated heterocycles. The first-order valence-corrected chi connectivity index (χ1v) is 11.7. The quantitative estimate of drug-likeness (QED) is 0.349. The van der Waals surface area contributed by atoms with Crippen molar-refractivity contribution in [1.82, 2.24) is 10.2 Å². The summed E-state index contributed by atoms with van der Waals surface area (Å²) < 4.78 is 12.0. The summed E-state index contributed by atoms with van der Waals surface area (Å²) in [7, 11) is 4.07. The number of hydrogen-bond donors (Lipinski definition) is 1. The lowest BCUT2D eigenvalue weighted by Crippen LogP contribution is -2.47. The number of nitrogens with one attached hydrogen (secondary N) is 1. The Bertz CT molecular complexity index is 716. The van der Waals surface area contributed by atoms with Crippen LogP contribution in [0.5, 0.6) is 0 Å². The summed E-state index contributed by atoms with van der Waals surface area (Å²) in [4.78, 5) is 9.26. The van der Waals surface area contributed by atoms with Crippen LogP contribution in [0.3, 0.4) is 0 Å². The Hall–Kier alpha value is -1.06. The zero-order valence-electron chi connectivity index (χ0n) is 19.1. The Kier molecular flexibility index (Phi) is 9.72. The highest BCUT2D eigenvalue weighted by atomic mass is 127. The first-order valence-electron chi connectivity index (χ1n) is 11.7. The van der Waals surface area contributed by atoms with E-state index >= 15 is 0 Å². The van der Waals surface area contributed by atoms with E-state index in [0.717, 1.165) is 64.6 Å². The van der Waals surface area contributed by atoms with Crippen LogP contribution < -0.4 is 10.2 Å². The number of aliphatic imine (C=N–C) groups is 1. The van der Waals surface area contributed by atoms with Gasteiger partial charge < -0.3 is 24.6 Å². The molecule has 31 heavy (non-hydrogen) atoms. The van der Waals surface area contributed by atoms with Crippen molar-refractivity contribution in [3.63, 3.8) is 0 Å². The van der Waals surface area contributed by atoms with Gasteiger partial charge in [-0.15, -0.1) is 24.0 Å². The van der Waals surface area contributed by atoms with Crippen LogP contribution in [-0.2, 0) is 22.4 Å². The van der Waals surface area contributed by atoms with Crippen molar-refractivity contribution in [1.29, 1.82) is 0 Å². The second-order valence-corrected chi connectivity index (χ2v) is 8.90. The van der Waals surface area contributed by atoms with Crippen molar-refractivity contribution >= 4 is 35.6 Å². The normalized spacial score (nSPS) is 22.6. The van der Waals surface area contributed by atoms with Gasteiger partial charge in [0.25, 0.3) is 0 Å². The van der Waals surface area contributed by atoms with Crippen molar-refractivity contribution in [2.45, 2.75) is 63.7 Å². The highest BCUT2D eigenvalue weighted by molar-refractivity contribution is 14.0. The number of anilines is 1. The largest absolute Gasteiger partial charge is 0.376 e. The van der Waals surface area contributed by atoms with E-state index in [0.29, 0.717) is 12.2 Å². The molecule has 1 N–H and O–H groups in total. The summed E-state index contributed by atoms with van der Waals surface area (Å²) in [5, 5.41) is 3.57. The van der Waals surface area contributed by atoms with E-state index in [1.807, 2.05) is 7.05 Å². The number of aryl methyl sites for hydroxylation is 1. The Morgan fingerprint density at radius 2 is 2.00 bits per heavy atom. The summed E-state index contributed by atoms with van der Waals surface area (Å²) >= 11 is 0. The number of rotatable bonds is 5. The molecule has 4 rings (SSSR count). The summed E-state index contributed by atoms with van der Waals surface area (Å²) in [5.74, 6) is 0.999. The molecule has 1 unspecified atom stereocenters. The van der Waals surface area contributed by atoms with Crippen LogP contribution in [0, 0.1) is 0 Å². The lowest BCUT2D eigenvalue weighted by molar-refractivity contribution is -0.0721. The van der Waals surface area contributed by atoms with Gasteiger partial charge in [0.15, 0.2) is 5.96 Å². The summed E-state index contributed by atoms with van der Waals surface area (Å²) in [6, 6.07) is 6.88. The number of hydrogen-bond acceptors (Lipinski definition) is 4. The third-order valence-corrected chi connectivity index (χ3v) is 6.69. The molecule has 7 heteroatoms. The summed E-state index contributed by atoms with van der Waals surface area (Å²) in [6.07, 6.45) is 8.81. The molecule has 1 aromatic rings. The molecule has 0 aliphatic carbocycles. The highest BCUT2D eigenvalue weighted by Crippen LogP contribution is 2.26. The van der Waals surface area contributed by atoms with Gasteiger partial charge >= 0.3 is 0 Å². The first-order chi connectivity index (χ1) is 14.7. The fraction of sp³-hybridized carbons (Fsp3) is 0.708. The molecule has 6 nitrogen and oxygen atoms in total. The zero-order chi connectivity index (χ0) is 20.8. The Labute approximate surface area is 204 Å². The van der Waals surface area contributed by atoms with Gasteiger partial charge in [-0.2, -0.15) is 0 Å². The molecule has 3 aliphatic heterocycles. The Morgan fingerprint density at radius 3 is 2.74 bits per heavy atom. The minimum absolute atomic E-state index is 0. The molecule has 0 saturated carbocycles. The smallest absolute Gasteiger partial charge is 0.193 e. The monoisotopic (exact) mass is 542 g/mol. The number of likely N-dealkylation sites (tertiary alicyclic amines) is 1.